The molecule has 10 heavy (non-hydrogen) atoms. The van der Waals surface area contributed by atoms with Gasteiger partial charge in [0.15, 0.2) is 0 Å². The van der Waals surface area contributed by atoms with Crippen LogP contribution in [0.2, 0.25) is 0 Å². The molecule has 2 nitrogen and oxygen atoms in total. The van der Waals surface area contributed by atoms with E-state index < -0.39 is 0 Å². The summed E-state index contributed by atoms with van der Waals surface area (Å²) >= 11 is 0. The largest absolute Gasteiger partial charge is 0.254 e. The van der Waals surface area contributed by atoms with Crippen molar-refractivity contribution < 1.29 is 0 Å². The zero-order chi connectivity index (χ0) is 7.14. The van der Waals surface area contributed by atoms with Crippen molar-refractivity contribution in [2.75, 3.05) is 0 Å². The molecule has 1 unspecified atom stereocenters. The van der Waals surface area contributed by atoms with Gasteiger partial charge in [-0.2, -0.15) is 0 Å². The molecule has 3 aliphatic rings. The molecule has 2 heterocycles. The van der Waals surface area contributed by atoms with Gasteiger partial charge >= 0.3 is 0 Å². The highest BCUT2D eigenvalue weighted by Crippen LogP contribution is 2.35. The molecule has 0 spiro atoms. The molecule has 1 saturated carbocycles. The quantitative estimate of drug-likeness (QED) is 0.565. The first-order valence-electron chi connectivity index (χ1n) is 4.28. The van der Waals surface area contributed by atoms with Gasteiger partial charge in [-0.15, -0.1) is 0 Å². The van der Waals surface area contributed by atoms with E-state index in [1.54, 1.807) is 0 Å². The minimum absolute atomic E-state index is 0.727. The smallest absolute Gasteiger partial charge is 0.0265 e. The molecule has 0 amide bonds. The first-order valence-corrected chi connectivity index (χ1v) is 4.28. The lowest BCUT2D eigenvalue weighted by Crippen LogP contribution is -2.65. The lowest BCUT2D eigenvalue weighted by molar-refractivity contribution is 0.0551. The molecule has 2 saturated heterocycles. The molecule has 58 valence electrons. The van der Waals surface area contributed by atoms with Crippen molar-refractivity contribution in [3.8, 4) is 0 Å². The number of hydrogen-bond donors (Lipinski definition) is 2. The van der Waals surface area contributed by atoms with Gasteiger partial charge in [-0.05, 0) is 24.7 Å². The zero-order valence-corrected chi connectivity index (χ0v) is 6.72. The molecular weight excluding hydrogens is 124 g/mol. The maximum absolute atomic E-state index is 3.37. The third kappa shape index (κ3) is 0.867. The van der Waals surface area contributed by atoms with E-state index in [0.717, 1.165) is 23.9 Å². The second-order valence-electron chi connectivity index (χ2n) is 3.99. The lowest BCUT2D eigenvalue weighted by Gasteiger charge is -2.49. The highest BCUT2D eigenvalue weighted by molar-refractivity contribution is 4.96. The van der Waals surface area contributed by atoms with Crippen LogP contribution in [0.1, 0.15) is 26.7 Å². The Hall–Kier alpha value is -0.0800. The fraction of sp³-hybridized carbons (Fsp3) is 1.00. The van der Waals surface area contributed by atoms with E-state index in [2.05, 4.69) is 24.7 Å². The fourth-order valence-corrected chi connectivity index (χ4v) is 2.12. The Labute approximate surface area is 62.4 Å². The standard InChI is InChI=1S/C8H16N2/c1-5(2)8-6-3-7(4-6)9-10-8/h5-10H,3-4H2,1-2H3. The van der Waals surface area contributed by atoms with E-state index in [-0.39, 0.29) is 0 Å². The highest BCUT2D eigenvalue weighted by atomic mass is 15.4. The van der Waals surface area contributed by atoms with Gasteiger partial charge in [0.25, 0.3) is 0 Å². The van der Waals surface area contributed by atoms with Crippen molar-refractivity contribution in [1.29, 1.82) is 0 Å². The summed E-state index contributed by atoms with van der Waals surface area (Å²) in [6.45, 7) is 4.58. The van der Waals surface area contributed by atoms with Crippen LogP contribution in [0, 0.1) is 11.8 Å². The van der Waals surface area contributed by atoms with E-state index in [1.807, 2.05) is 0 Å². The van der Waals surface area contributed by atoms with Crippen molar-refractivity contribution >= 4 is 0 Å². The first kappa shape index (κ1) is 6.62. The Bertz CT molecular complexity index is 124. The highest BCUT2D eigenvalue weighted by Gasteiger charge is 2.40. The number of rotatable bonds is 1. The van der Waals surface area contributed by atoms with Crippen LogP contribution in [0.4, 0.5) is 0 Å². The van der Waals surface area contributed by atoms with Crippen LogP contribution in [0.15, 0.2) is 0 Å². The van der Waals surface area contributed by atoms with Gasteiger partial charge in [-0.3, -0.25) is 10.9 Å². The van der Waals surface area contributed by atoms with Crippen molar-refractivity contribution in [3.63, 3.8) is 0 Å². The second-order valence-corrected chi connectivity index (χ2v) is 3.99. The molecule has 2 heteroatoms. The van der Waals surface area contributed by atoms with E-state index in [9.17, 15) is 0 Å². The molecule has 1 atom stereocenters. The molecule has 3 fully saturated rings. The van der Waals surface area contributed by atoms with Crippen LogP contribution < -0.4 is 10.9 Å². The summed E-state index contributed by atoms with van der Waals surface area (Å²) in [4.78, 5) is 0. The average molecular weight is 140 g/mol. The van der Waals surface area contributed by atoms with Gasteiger partial charge in [-0.1, -0.05) is 13.8 Å². The lowest BCUT2D eigenvalue weighted by atomic mass is 9.71. The molecule has 1 aliphatic carbocycles. The molecule has 0 aromatic rings. The van der Waals surface area contributed by atoms with E-state index in [4.69, 9.17) is 0 Å². The van der Waals surface area contributed by atoms with Crippen molar-refractivity contribution in [1.82, 2.24) is 10.9 Å². The van der Waals surface area contributed by atoms with Gasteiger partial charge < -0.3 is 0 Å². The predicted octanol–water partition coefficient (Wildman–Crippen LogP) is 0.897. The van der Waals surface area contributed by atoms with Crippen LogP contribution in [0.5, 0.6) is 0 Å². The zero-order valence-electron chi connectivity index (χ0n) is 6.72. The van der Waals surface area contributed by atoms with Crippen molar-refractivity contribution in [2.45, 2.75) is 38.8 Å². The second kappa shape index (κ2) is 2.21. The Morgan fingerprint density at radius 3 is 2.20 bits per heavy atom. The fourth-order valence-electron chi connectivity index (χ4n) is 2.12. The summed E-state index contributed by atoms with van der Waals surface area (Å²) < 4.78 is 0. The van der Waals surface area contributed by atoms with Crippen LogP contribution in [0.25, 0.3) is 0 Å². The molecule has 0 radical (unpaired) electrons. The molecular formula is C8H16N2. The average Bonchev–Trinajstić information content (AvgIpc) is 1.86. The van der Waals surface area contributed by atoms with Crippen molar-refractivity contribution in [3.05, 3.63) is 0 Å². The molecule has 2 N–H and O–H groups in total. The molecule has 3 rings (SSSR count). The summed E-state index contributed by atoms with van der Waals surface area (Å²) in [5.41, 5.74) is 6.70. The van der Waals surface area contributed by atoms with Gasteiger partial charge in [0.05, 0.1) is 0 Å². The third-order valence-electron chi connectivity index (χ3n) is 2.85. The van der Waals surface area contributed by atoms with Crippen LogP contribution >= 0.6 is 0 Å². The van der Waals surface area contributed by atoms with E-state index >= 15 is 0 Å². The van der Waals surface area contributed by atoms with Crippen LogP contribution in [-0.2, 0) is 0 Å². The van der Waals surface area contributed by atoms with Gasteiger partial charge in [0.2, 0.25) is 0 Å². The Morgan fingerprint density at radius 1 is 1.20 bits per heavy atom. The maximum atomic E-state index is 3.37. The summed E-state index contributed by atoms with van der Waals surface area (Å²) in [5.74, 6) is 1.74. The van der Waals surface area contributed by atoms with E-state index in [1.165, 1.54) is 12.8 Å². The molecule has 2 aliphatic heterocycles. The summed E-state index contributed by atoms with van der Waals surface area (Å²) in [6, 6.07) is 1.52. The SMILES string of the molecule is CC(C)C1NNC2CC1C2. The van der Waals surface area contributed by atoms with Crippen molar-refractivity contribution in [2.24, 2.45) is 11.8 Å². The van der Waals surface area contributed by atoms with E-state index in [0.29, 0.717) is 0 Å². The number of fused-ring (bicyclic) bond motifs is 2. The number of hydrazine groups is 1. The summed E-state index contributed by atoms with van der Waals surface area (Å²) in [6.07, 6.45) is 2.80. The van der Waals surface area contributed by atoms with Gasteiger partial charge in [-0.25, -0.2) is 0 Å². The Balaban J connectivity index is 1.96. The maximum Gasteiger partial charge on any atom is 0.0265 e. The van der Waals surface area contributed by atoms with Crippen LogP contribution in [0.3, 0.4) is 0 Å². The Morgan fingerprint density at radius 2 is 1.90 bits per heavy atom. The topological polar surface area (TPSA) is 24.1 Å². The summed E-state index contributed by atoms with van der Waals surface area (Å²) in [7, 11) is 0. The minimum Gasteiger partial charge on any atom is -0.254 e. The van der Waals surface area contributed by atoms with Crippen LogP contribution in [-0.4, -0.2) is 12.1 Å². The Kier molecular flexibility index (Phi) is 1.46. The number of nitrogens with one attached hydrogen (secondary N) is 2. The molecule has 0 aromatic heterocycles. The minimum atomic E-state index is 0.727. The predicted molar refractivity (Wildman–Crippen MR) is 41.4 cm³/mol. The molecule has 0 aromatic carbocycles. The normalized spacial score (nSPS) is 45.3. The third-order valence-corrected chi connectivity index (χ3v) is 2.85. The first-order chi connectivity index (χ1) is 4.77. The van der Waals surface area contributed by atoms with Gasteiger partial charge in [0.1, 0.15) is 0 Å². The molecule has 2 bridgehead atoms. The summed E-state index contributed by atoms with van der Waals surface area (Å²) in [5, 5.41) is 0. The number of hydrogen-bond acceptors (Lipinski definition) is 2. The monoisotopic (exact) mass is 140 g/mol. The van der Waals surface area contributed by atoms with Gasteiger partial charge in [0, 0.05) is 12.1 Å².